The van der Waals surface area contributed by atoms with Gasteiger partial charge in [0.05, 0.1) is 6.54 Å². The van der Waals surface area contributed by atoms with Crippen molar-refractivity contribution in [3.05, 3.63) is 24.0 Å². The van der Waals surface area contributed by atoms with E-state index in [4.69, 9.17) is 5.73 Å². The number of sulfonamides is 1. The Balaban J connectivity index is 2.25. The zero-order valence-corrected chi connectivity index (χ0v) is 12.4. The fourth-order valence-corrected chi connectivity index (χ4v) is 3.62. The third-order valence-corrected chi connectivity index (χ3v) is 5.29. The van der Waals surface area contributed by atoms with Crippen LogP contribution in [-0.4, -0.2) is 37.3 Å². The van der Waals surface area contributed by atoms with E-state index >= 15 is 0 Å². The summed E-state index contributed by atoms with van der Waals surface area (Å²) in [5.74, 6) is 6.09. The zero-order valence-electron chi connectivity index (χ0n) is 11.5. The number of hydrogen-bond acceptors (Lipinski definition) is 4. The van der Waals surface area contributed by atoms with Crippen LogP contribution in [0.15, 0.2) is 23.4 Å². The monoisotopic (exact) mass is 293 g/mol. The van der Waals surface area contributed by atoms with Crippen LogP contribution in [0.4, 0.5) is 0 Å². The van der Waals surface area contributed by atoms with E-state index in [1.165, 1.54) is 10.5 Å². The van der Waals surface area contributed by atoms with Crippen LogP contribution in [-0.2, 0) is 10.0 Å². The van der Waals surface area contributed by atoms with Gasteiger partial charge in [-0.15, -0.1) is 0 Å². The predicted octanol–water partition coefficient (Wildman–Crippen LogP) is 0.812. The summed E-state index contributed by atoms with van der Waals surface area (Å²) in [5.41, 5.74) is 5.88. The van der Waals surface area contributed by atoms with Crippen LogP contribution in [0.5, 0.6) is 0 Å². The van der Waals surface area contributed by atoms with Crippen molar-refractivity contribution >= 4 is 10.0 Å². The van der Waals surface area contributed by atoms with Crippen molar-refractivity contribution in [1.82, 2.24) is 9.29 Å². The molecule has 1 aliphatic rings. The van der Waals surface area contributed by atoms with Gasteiger partial charge in [0.25, 0.3) is 0 Å². The molecule has 1 fully saturated rings. The molecule has 20 heavy (non-hydrogen) atoms. The normalized spacial score (nSPS) is 17.5. The first-order valence-corrected chi connectivity index (χ1v) is 8.12. The molecular formula is C14H19N3O2S. The van der Waals surface area contributed by atoms with Gasteiger partial charge in [0, 0.05) is 31.0 Å². The maximum Gasteiger partial charge on any atom is 0.244 e. The standard InChI is InChI=1S/C14H19N3O2S/c1-12-4-7-17(8-5-12)20(18,19)14-9-13(3-2-6-15)10-16-11-14/h9-12H,4-8,15H2,1H3. The van der Waals surface area contributed by atoms with E-state index < -0.39 is 10.0 Å². The second kappa shape index (κ2) is 6.35. The van der Waals surface area contributed by atoms with Gasteiger partial charge >= 0.3 is 0 Å². The highest BCUT2D eigenvalue weighted by Crippen LogP contribution is 2.23. The van der Waals surface area contributed by atoms with Gasteiger partial charge in [-0.3, -0.25) is 4.98 Å². The third-order valence-electron chi connectivity index (χ3n) is 3.43. The average Bonchev–Trinajstić information content (AvgIpc) is 2.46. The molecule has 2 rings (SSSR count). The SMILES string of the molecule is CC1CCN(S(=O)(=O)c2cncc(C#CCN)c2)CC1. The summed E-state index contributed by atoms with van der Waals surface area (Å²) in [4.78, 5) is 4.17. The van der Waals surface area contributed by atoms with Gasteiger partial charge < -0.3 is 5.73 Å². The first kappa shape index (κ1) is 15.0. The molecule has 0 radical (unpaired) electrons. The highest BCUT2D eigenvalue weighted by atomic mass is 32.2. The molecule has 2 heterocycles. The van der Waals surface area contributed by atoms with E-state index in [9.17, 15) is 8.42 Å². The van der Waals surface area contributed by atoms with Gasteiger partial charge in [-0.2, -0.15) is 4.31 Å². The lowest BCUT2D eigenvalue weighted by Crippen LogP contribution is -2.37. The van der Waals surface area contributed by atoms with E-state index in [2.05, 4.69) is 23.7 Å². The van der Waals surface area contributed by atoms with Crippen LogP contribution in [0, 0.1) is 17.8 Å². The van der Waals surface area contributed by atoms with Crippen molar-refractivity contribution < 1.29 is 8.42 Å². The summed E-state index contributed by atoms with van der Waals surface area (Å²) in [6, 6.07) is 1.56. The van der Waals surface area contributed by atoms with Gasteiger partial charge in [-0.05, 0) is 24.8 Å². The van der Waals surface area contributed by atoms with Gasteiger partial charge in [-0.1, -0.05) is 18.8 Å². The number of nitrogens with zero attached hydrogens (tertiary/aromatic N) is 2. The van der Waals surface area contributed by atoms with Gasteiger partial charge in [-0.25, -0.2) is 8.42 Å². The van der Waals surface area contributed by atoms with E-state index in [0.29, 0.717) is 24.6 Å². The Hall–Kier alpha value is -1.42. The second-order valence-electron chi connectivity index (χ2n) is 5.00. The van der Waals surface area contributed by atoms with Crippen LogP contribution in [0.2, 0.25) is 0 Å². The van der Waals surface area contributed by atoms with Crippen molar-refractivity contribution in [2.24, 2.45) is 11.7 Å². The molecule has 2 N–H and O–H groups in total. The van der Waals surface area contributed by atoms with Crippen molar-refractivity contribution in [1.29, 1.82) is 0 Å². The smallest absolute Gasteiger partial charge is 0.244 e. The third kappa shape index (κ3) is 3.37. The van der Waals surface area contributed by atoms with Crippen molar-refractivity contribution in [3.63, 3.8) is 0 Å². The molecule has 0 bridgehead atoms. The average molecular weight is 293 g/mol. The van der Waals surface area contributed by atoms with Crippen molar-refractivity contribution in [2.45, 2.75) is 24.7 Å². The lowest BCUT2D eigenvalue weighted by molar-refractivity contribution is 0.288. The van der Waals surface area contributed by atoms with E-state index in [1.54, 1.807) is 12.3 Å². The number of hydrogen-bond donors (Lipinski definition) is 1. The minimum absolute atomic E-state index is 0.205. The molecule has 0 unspecified atom stereocenters. The van der Waals surface area contributed by atoms with Crippen LogP contribution in [0.1, 0.15) is 25.3 Å². The summed E-state index contributed by atoms with van der Waals surface area (Å²) >= 11 is 0. The molecule has 0 spiro atoms. The summed E-state index contributed by atoms with van der Waals surface area (Å²) < 4.78 is 26.6. The highest BCUT2D eigenvalue weighted by Gasteiger charge is 2.28. The Bertz CT molecular complexity index is 623. The molecule has 0 atom stereocenters. The van der Waals surface area contributed by atoms with Crippen LogP contribution in [0.3, 0.4) is 0 Å². The maximum absolute atomic E-state index is 12.5. The lowest BCUT2D eigenvalue weighted by Gasteiger charge is -2.29. The fourth-order valence-electron chi connectivity index (χ4n) is 2.16. The highest BCUT2D eigenvalue weighted by molar-refractivity contribution is 7.89. The minimum Gasteiger partial charge on any atom is -0.320 e. The molecule has 1 saturated heterocycles. The number of nitrogens with two attached hydrogens (primary N) is 1. The van der Waals surface area contributed by atoms with E-state index in [1.807, 2.05) is 0 Å². The zero-order chi connectivity index (χ0) is 14.6. The number of rotatable bonds is 2. The topological polar surface area (TPSA) is 76.3 Å². The van der Waals surface area contributed by atoms with Gasteiger partial charge in [0.15, 0.2) is 0 Å². The van der Waals surface area contributed by atoms with E-state index in [0.717, 1.165) is 12.8 Å². The van der Waals surface area contributed by atoms with E-state index in [-0.39, 0.29) is 11.4 Å². The summed E-state index contributed by atoms with van der Waals surface area (Å²) in [6.07, 6.45) is 4.72. The minimum atomic E-state index is -3.46. The quantitative estimate of drug-likeness (QED) is 0.819. The number of piperidine rings is 1. The van der Waals surface area contributed by atoms with Gasteiger partial charge in [0.2, 0.25) is 10.0 Å². The summed E-state index contributed by atoms with van der Waals surface area (Å²) in [5, 5.41) is 0. The number of pyridine rings is 1. The fraction of sp³-hybridized carbons (Fsp3) is 0.500. The van der Waals surface area contributed by atoms with Crippen molar-refractivity contribution in [3.8, 4) is 11.8 Å². The molecule has 0 aromatic carbocycles. The maximum atomic E-state index is 12.5. The Labute approximate surface area is 120 Å². The van der Waals surface area contributed by atoms with Crippen molar-refractivity contribution in [2.75, 3.05) is 19.6 Å². The molecule has 1 aromatic heterocycles. The molecule has 0 aliphatic carbocycles. The molecule has 5 nitrogen and oxygen atoms in total. The molecule has 6 heteroatoms. The molecule has 0 amide bonds. The number of aromatic nitrogens is 1. The Morgan fingerprint density at radius 1 is 1.40 bits per heavy atom. The molecule has 108 valence electrons. The molecule has 0 saturated carbocycles. The Morgan fingerprint density at radius 3 is 2.75 bits per heavy atom. The Morgan fingerprint density at radius 2 is 2.10 bits per heavy atom. The summed E-state index contributed by atoms with van der Waals surface area (Å²) in [7, 11) is -3.46. The largest absolute Gasteiger partial charge is 0.320 e. The second-order valence-corrected chi connectivity index (χ2v) is 6.94. The lowest BCUT2D eigenvalue weighted by atomic mass is 10.0. The molecule has 1 aromatic rings. The van der Waals surface area contributed by atoms with Crippen LogP contribution >= 0.6 is 0 Å². The first-order valence-electron chi connectivity index (χ1n) is 6.68. The first-order chi connectivity index (χ1) is 9.54. The predicted molar refractivity (Wildman–Crippen MR) is 77.3 cm³/mol. The van der Waals surface area contributed by atoms with Crippen LogP contribution in [0.25, 0.3) is 0 Å². The summed E-state index contributed by atoms with van der Waals surface area (Å²) in [6.45, 7) is 3.53. The van der Waals surface area contributed by atoms with Crippen LogP contribution < -0.4 is 5.73 Å². The molecule has 1 aliphatic heterocycles. The van der Waals surface area contributed by atoms with Gasteiger partial charge in [0.1, 0.15) is 4.90 Å². The molecular weight excluding hydrogens is 274 g/mol. The Kier molecular flexibility index (Phi) is 4.76.